The van der Waals surface area contributed by atoms with Crippen LogP contribution in [0.25, 0.3) is 0 Å². The maximum atomic E-state index is 13.2. The normalized spacial score (nSPS) is 14.2. The van der Waals surface area contributed by atoms with Crippen LogP contribution in [0.1, 0.15) is 18.1 Å². The molecule has 0 saturated heterocycles. The molecular formula is C10H12BrFN2O4. The van der Waals surface area contributed by atoms with Gasteiger partial charge >= 0.3 is 0 Å². The zero-order valence-electron chi connectivity index (χ0n) is 9.22. The van der Waals surface area contributed by atoms with Crippen molar-refractivity contribution < 1.29 is 19.5 Å². The summed E-state index contributed by atoms with van der Waals surface area (Å²) in [6, 6.07) is 1.55. The fourth-order valence-corrected chi connectivity index (χ4v) is 1.97. The number of alkyl halides is 1. The minimum absolute atomic E-state index is 0.185. The van der Waals surface area contributed by atoms with Crippen molar-refractivity contribution in [3.63, 3.8) is 0 Å². The maximum Gasteiger partial charge on any atom is 0.295 e. The predicted octanol–water partition coefficient (Wildman–Crippen LogP) is 1.50. The molecule has 1 aromatic rings. The van der Waals surface area contributed by atoms with Gasteiger partial charge in [-0.05, 0) is 12.5 Å². The first-order valence-corrected chi connectivity index (χ1v) is 6.16. The fourth-order valence-electron chi connectivity index (χ4n) is 1.50. The van der Waals surface area contributed by atoms with Gasteiger partial charge in [-0.1, -0.05) is 15.9 Å². The molecule has 2 unspecified atom stereocenters. The van der Waals surface area contributed by atoms with Gasteiger partial charge in [-0.25, -0.2) is 4.39 Å². The van der Waals surface area contributed by atoms with Crippen LogP contribution in [0.5, 0.6) is 0 Å². The van der Waals surface area contributed by atoms with E-state index in [1.165, 1.54) is 0 Å². The van der Waals surface area contributed by atoms with Crippen LogP contribution in [-0.4, -0.2) is 26.6 Å². The van der Waals surface area contributed by atoms with Gasteiger partial charge in [0.25, 0.3) is 5.69 Å². The van der Waals surface area contributed by atoms with Crippen LogP contribution in [-0.2, 0) is 0 Å². The van der Waals surface area contributed by atoms with Gasteiger partial charge in [0.05, 0.1) is 17.1 Å². The van der Waals surface area contributed by atoms with Gasteiger partial charge in [0.2, 0.25) is 0 Å². The van der Waals surface area contributed by atoms with Crippen LogP contribution in [0.3, 0.4) is 0 Å². The Morgan fingerprint density at radius 2 is 2.11 bits per heavy atom. The number of aliphatic hydroxyl groups is 2. The summed E-state index contributed by atoms with van der Waals surface area (Å²) in [6.45, 7) is 0. The summed E-state index contributed by atoms with van der Waals surface area (Å²) in [4.78, 5) is 9.81. The summed E-state index contributed by atoms with van der Waals surface area (Å²) < 4.78 is 13.2. The second kappa shape index (κ2) is 6.07. The molecule has 0 heterocycles. The highest BCUT2D eigenvalue weighted by Gasteiger charge is 2.26. The molecule has 0 aliphatic rings. The highest BCUT2D eigenvalue weighted by atomic mass is 79.9. The highest BCUT2D eigenvalue weighted by molar-refractivity contribution is 9.09. The topological polar surface area (TPSA) is 110 Å². The van der Waals surface area contributed by atoms with Crippen LogP contribution in [0.4, 0.5) is 15.8 Å². The molecule has 0 bridgehead atoms. The number of nitrogen functional groups attached to an aromatic ring is 1. The highest BCUT2D eigenvalue weighted by Crippen LogP contribution is 2.32. The molecule has 1 aromatic carbocycles. The second-order valence-electron chi connectivity index (χ2n) is 3.67. The molecule has 2 atom stereocenters. The molecular weight excluding hydrogens is 311 g/mol. The Hall–Kier alpha value is -1.25. The number of rotatable bonds is 5. The van der Waals surface area contributed by atoms with E-state index in [0.717, 1.165) is 6.07 Å². The lowest BCUT2D eigenvalue weighted by atomic mass is 10.00. The number of hydrogen-bond acceptors (Lipinski definition) is 5. The Morgan fingerprint density at radius 3 is 2.61 bits per heavy atom. The van der Waals surface area contributed by atoms with Gasteiger partial charge in [0.1, 0.15) is 17.6 Å². The third kappa shape index (κ3) is 3.15. The lowest BCUT2D eigenvalue weighted by Gasteiger charge is -2.18. The summed E-state index contributed by atoms with van der Waals surface area (Å²) >= 11 is 3.08. The quantitative estimate of drug-likeness (QED) is 0.329. The summed E-state index contributed by atoms with van der Waals surface area (Å²) in [6.07, 6.45) is -2.46. The summed E-state index contributed by atoms with van der Waals surface area (Å²) in [7, 11) is 0. The van der Waals surface area contributed by atoms with E-state index in [2.05, 4.69) is 15.9 Å². The van der Waals surface area contributed by atoms with Crippen molar-refractivity contribution in [3.05, 3.63) is 33.6 Å². The van der Waals surface area contributed by atoms with Gasteiger partial charge in [0.15, 0.2) is 0 Å². The molecule has 4 N–H and O–H groups in total. The standard InChI is InChI=1S/C10H12BrFN2O4/c11-2-1-8(15)10(16)6-3-5(12)4-7(9(6)13)14(17)18/h3-4,8,10,15-16H,1-2,13H2. The first kappa shape index (κ1) is 14.8. The first-order chi connectivity index (χ1) is 8.38. The monoisotopic (exact) mass is 322 g/mol. The molecule has 18 heavy (non-hydrogen) atoms. The van der Waals surface area contributed by atoms with Crippen LogP contribution < -0.4 is 5.73 Å². The number of nitro benzene ring substituents is 1. The molecule has 0 radical (unpaired) electrons. The molecule has 0 aliphatic heterocycles. The zero-order valence-corrected chi connectivity index (χ0v) is 10.8. The molecule has 100 valence electrons. The smallest absolute Gasteiger partial charge is 0.295 e. The molecule has 0 saturated carbocycles. The summed E-state index contributed by atoms with van der Waals surface area (Å²) in [5.41, 5.74) is 4.34. The number of anilines is 1. The van der Waals surface area contributed by atoms with Crippen LogP contribution >= 0.6 is 15.9 Å². The van der Waals surface area contributed by atoms with E-state index in [1.807, 2.05) is 0 Å². The van der Waals surface area contributed by atoms with Gasteiger partial charge in [0, 0.05) is 10.9 Å². The van der Waals surface area contributed by atoms with Crippen molar-refractivity contribution in [1.82, 2.24) is 0 Å². The van der Waals surface area contributed by atoms with Crippen LogP contribution in [0.15, 0.2) is 12.1 Å². The van der Waals surface area contributed by atoms with E-state index in [9.17, 15) is 24.7 Å². The molecule has 1 rings (SSSR count). The number of aliphatic hydroxyl groups excluding tert-OH is 2. The van der Waals surface area contributed by atoms with Crippen molar-refractivity contribution in [2.75, 3.05) is 11.1 Å². The molecule has 0 amide bonds. The van der Waals surface area contributed by atoms with Gasteiger partial charge in [-0.2, -0.15) is 0 Å². The number of nitrogens with zero attached hydrogens (tertiary/aromatic N) is 1. The number of halogens is 2. The van der Waals surface area contributed by atoms with Crippen LogP contribution in [0, 0.1) is 15.9 Å². The lowest BCUT2D eigenvalue weighted by molar-refractivity contribution is -0.384. The van der Waals surface area contributed by atoms with E-state index in [-0.39, 0.29) is 17.7 Å². The van der Waals surface area contributed by atoms with Crippen molar-refractivity contribution >= 4 is 27.3 Å². The van der Waals surface area contributed by atoms with E-state index in [4.69, 9.17) is 5.73 Å². The molecule has 0 fully saturated rings. The summed E-state index contributed by atoms with van der Waals surface area (Å²) in [5.74, 6) is -0.893. The molecule has 0 aliphatic carbocycles. The Kier molecular flexibility index (Phi) is 5.00. The van der Waals surface area contributed by atoms with E-state index in [0.29, 0.717) is 11.4 Å². The molecule has 6 nitrogen and oxygen atoms in total. The van der Waals surface area contributed by atoms with Crippen molar-refractivity contribution in [2.45, 2.75) is 18.6 Å². The number of nitro groups is 1. The largest absolute Gasteiger partial charge is 0.393 e. The van der Waals surface area contributed by atoms with Gasteiger partial charge in [-0.15, -0.1) is 0 Å². The Labute approximate surface area is 111 Å². The zero-order chi connectivity index (χ0) is 13.9. The minimum atomic E-state index is -1.48. The van der Waals surface area contributed by atoms with E-state index in [1.54, 1.807) is 0 Å². The van der Waals surface area contributed by atoms with Gasteiger partial charge in [-0.3, -0.25) is 10.1 Å². The van der Waals surface area contributed by atoms with E-state index < -0.39 is 28.6 Å². The number of hydrogen-bond donors (Lipinski definition) is 3. The number of nitrogens with two attached hydrogens (primary N) is 1. The van der Waals surface area contributed by atoms with Crippen molar-refractivity contribution in [2.24, 2.45) is 0 Å². The number of benzene rings is 1. The fraction of sp³-hybridized carbons (Fsp3) is 0.400. The maximum absolute atomic E-state index is 13.2. The average molecular weight is 323 g/mol. The van der Waals surface area contributed by atoms with Crippen molar-refractivity contribution in [3.8, 4) is 0 Å². The van der Waals surface area contributed by atoms with Crippen molar-refractivity contribution in [1.29, 1.82) is 0 Å². The Bertz CT molecular complexity index is 458. The minimum Gasteiger partial charge on any atom is -0.393 e. The Morgan fingerprint density at radius 1 is 1.50 bits per heavy atom. The predicted molar refractivity (Wildman–Crippen MR) is 66.8 cm³/mol. The average Bonchev–Trinajstić information content (AvgIpc) is 2.30. The first-order valence-electron chi connectivity index (χ1n) is 5.04. The third-order valence-electron chi connectivity index (χ3n) is 2.44. The second-order valence-corrected chi connectivity index (χ2v) is 4.47. The SMILES string of the molecule is Nc1c(C(O)C(O)CCBr)cc(F)cc1[N+](=O)[O-]. The molecule has 0 aromatic heterocycles. The third-order valence-corrected chi connectivity index (χ3v) is 2.90. The van der Waals surface area contributed by atoms with Crippen LogP contribution in [0.2, 0.25) is 0 Å². The van der Waals surface area contributed by atoms with Gasteiger partial charge < -0.3 is 15.9 Å². The lowest BCUT2D eigenvalue weighted by Crippen LogP contribution is -2.20. The molecule has 8 heteroatoms. The van der Waals surface area contributed by atoms with E-state index >= 15 is 0 Å². The summed E-state index contributed by atoms with van der Waals surface area (Å²) in [5, 5.41) is 30.5. The Balaban J connectivity index is 3.19. The molecule has 0 spiro atoms.